The Morgan fingerprint density at radius 3 is 3.08 bits per heavy atom. The summed E-state index contributed by atoms with van der Waals surface area (Å²) in [7, 11) is 0. The van der Waals surface area contributed by atoms with Crippen LogP contribution in [0.2, 0.25) is 0 Å². The third-order valence-electron chi connectivity index (χ3n) is 3.77. The van der Waals surface area contributed by atoms with Crippen molar-refractivity contribution in [2.75, 3.05) is 6.54 Å². The lowest BCUT2D eigenvalue weighted by atomic mass is 9.91. The van der Waals surface area contributed by atoms with Crippen molar-refractivity contribution in [2.45, 2.75) is 30.8 Å². The van der Waals surface area contributed by atoms with Crippen LogP contribution in [0.25, 0.3) is 0 Å². The van der Waals surface area contributed by atoms with Gasteiger partial charge in [0.1, 0.15) is 5.54 Å². The second kappa shape index (κ2) is 1.98. The first kappa shape index (κ1) is 7.56. The molecule has 2 heterocycles. The number of hydrogen-bond acceptors (Lipinski definition) is 2. The van der Waals surface area contributed by atoms with E-state index >= 15 is 0 Å². The third kappa shape index (κ3) is 0.759. The van der Waals surface area contributed by atoms with E-state index < -0.39 is 11.5 Å². The minimum Gasteiger partial charge on any atom is -0.480 e. The van der Waals surface area contributed by atoms with E-state index in [2.05, 4.69) is 11.5 Å². The Morgan fingerprint density at radius 2 is 2.46 bits per heavy atom. The summed E-state index contributed by atoms with van der Waals surface area (Å²) in [5.74, 6) is 0.0301. The van der Waals surface area contributed by atoms with Gasteiger partial charge in [0.2, 0.25) is 0 Å². The molecule has 3 atom stereocenters. The van der Waals surface area contributed by atoms with E-state index in [9.17, 15) is 9.90 Å². The zero-order valence-corrected chi connectivity index (χ0v) is 7.49. The van der Waals surface area contributed by atoms with Crippen LogP contribution in [0.5, 0.6) is 0 Å². The first-order valence-corrected chi connectivity index (χ1v) is 4.80. The second-order valence-electron chi connectivity index (χ2n) is 4.66. The first-order chi connectivity index (χ1) is 6.13. The molecule has 1 saturated carbocycles. The predicted molar refractivity (Wildman–Crippen MR) is 47.3 cm³/mol. The summed E-state index contributed by atoms with van der Waals surface area (Å²) in [5.41, 5.74) is 0.540. The molecule has 0 aromatic carbocycles. The fraction of sp³-hybridized carbons (Fsp3) is 0.700. The SMILES string of the molecule is C=C1CN2[C@H]3C[C@H]3CC2(C(=O)O)C1. The molecular formula is C10H13NO2. The number of carboxylic acids is 1. The van der Waals surface area contributed by atoms with E-state index in [4.69, 9.17) is 0 Å². The van der Waals surface area contributed by atoms with Crippen molar-refractivity contribution in [2.24, 2.45) is 5.92 Å². The minimum absolute atomic E-state index is 0.551. The molecule has 70 valence electrons. The lowest BCUT2D eigenvalue weighted by Crippen LogP contribution is -2.47. The molecule has 2 aliphatic heterocycles. The van der Waals surface area contributed by atoms with Crippen molar-refractivity contribution < 1.29 is 9.90 Å². The molecule has 1 aliphatic carbocycles. The van der Waals surface area contributed by atoms with Crippen LogP contribution in [-0.2, 0) is 4.79 Å². The summed E-state index contributed by atoms with van der Waals surface area (Å²) in [5, 5.41) is 9.25. The maximum atomic E-state index is 11.2. The Kier molecular flexibility index (Phi) is 1.15. The second-order valence-corrected chi connectivity index (χ2v) is 4.66. The summed E-state index contributed by atoms with van der Waals surface area (Å²) in [6, 6.07) is 0.565. The summed E-state index contributed by atoms with van der Waals surface area (Å²) < 4.78 is 0. The molecular weight excluding hydrogens is 166 g/mol. The molecule has 0 amide bonds. The normalized spacial score (nSPS) is 47.5. The standard InChI is InChI=1S/C10H13NO2/c1-6-3-10(9(12)13)4-7-2-8(7)11(10)5-6/h7-8H,1-5H2,(H,12,13)/t7-,8-,10?/m0/s1. The summed E-state index contributed by atoms with van der Waals surface area (Å²) in [4.78, 5) is 13.4. The van der Waals surface area contributed by atoms with Crippen LogP contribution in [0, 0.1) is 5.92 Å². The molecule has 3 aliphatic rings. The molecule has 0 aromatic rings. The Hall–Kier alpha value is -0.830. The van der Waals surface area contributed by atoms with Crippen molar-refractivity contribution in [3.63, 3.8) is 0 Å². The van der Waals surface area contributed by atoms with E-state index in [1.165, 1.54) is 6.42 Å². The van der Waals surface area contributed by atoms with Gasteiger partial charge in [-0.1, -0.05) is 12.2 Å². The zero-order chi connectivity index (χ0) is 9.22. The first-order valence-electron chi connectivity index (χ1n) is 4.80. The topological polar surface area (TPSA) is 40.5 Å². The fourth-order valence-electron chi connectivity index (χ4n) is 3.14. The van der Waals surface area contributed by atoms with Gasteiger partial charge in [-0.15, -0.1) is 0 Å². The number of hydrogen-bond donors (Lipinski definition) is 1. The van der Waals surface area contributed by atoms with Gasteiger partial charge in [-0.25, -0.2) is 0 Å². The van der Waals surface area contributed by atoms with Gasteiger partial charge in [0.05, 0.1) is 0 Å². The summed E-state index contributed by atoms with van der Waals surface area (Å²) >= 11 is 0. The van der Waals surface area contributed by atoms with Crippen LogP contribution in [0.3, 0.4) is 0 Å². The van der Waals surface area contributed by atoms with Gasteiger partial charge in [0.15, 0.2) is 0 Å². The molecule has 0 aromatic heterocycles. The minimum atomic E-state index is -0.640. The van der Waals surface area contributed by atoms with Crippen LogP contribution < -0.4 is 0 Å². The highest BCUT2D eigenvalue weighted by Crippen LogP contribution is 2.57. The highest BCUT2D eigenvalue weighted by molar-refractivity contribution is 5.81. The lowest BCUT2D eigenvalue weighted by molar-refractivity contribution is -0.148. The van der Waals surface area contributed by atoms with Gasteiger partial charge in [-0.2, -0.15) is 0 Å². The molecule has 13 heavy (non-hydrogen) atoms. The van der Waals surface area contributed by atoms with Crippen molar-refractivity contribution in [3.8, 4) is 0 Å². The van der Waals surface area contributed by atoms with E-state index in [0.29, 0.717) is 18.4 Å². The van der Waals surface area contributed by atoms with Crippen molar-refractivity contribution in [1.82, 2.24) is 4.90 Å². The van der Waals surface area contributed by atoms with Gasteiger partial charge in [0, 0.05) is 12.6 Å². The van der Waals surface area contributed by atoms with Crippen LogP contribution in [0.1, 0.15) is 19.3 Å². The number of nitrogens with zero attached hydrogens (tertiary/aromatic N) is 1. The van der Waals surface area contributed by atoms with Crippen molar-refractivity contribution >= 4 is 5.97 Å². The van der Waals surface area contributed by atoms with Gasteiger partial charge < -0.3 is 5.11 Å². The number of rotatable bonds is 1. The molecule has 1 unspecified atom stereocenters. The van der Waals surface area contributed by atoms with Gasteiger partial charge in [0.25, 0.3) is 0 Å². The summed E-state index contributed by atoms with van der Waals surface area (Å²) in [6.45, 7) is 4.73. The molecule has 2 saturated heterocycles. The number of fused-ring (bicyclic) bond motifs is 3. The number of carboxylic acid groups (broad SMARTS) is 1. The average molecular weight is 179 g/mol. The Labute approximate surface area is 77.0 Å². The van der Waals surface area contributed by atoms with Crippen LogP contribution in [0.4, 0.5) is 0 Å². The Bertz CT molecular complexity index is 312. The molecule has 3 rings (SSSR count). The average Bonchev–Trinajstić information content (AvgIpc) is 2.58. The van der Waals surface area contributed by atoms with E-state index in [0.717, 1.165) is 18.5 Å². The molecule has 0 bridgehead atoms. The summed E-state index contributed by atoms with van der Waals surface area (Å²) in [6.07, 6.45) is 2.74. The van der Waals surface area contributed by atoms with Crippen molar-refractivity contribution in [1.29, 1.82) is 0 Å². The largest absolute Gasteiger partial charge is 0.480 e. The molecule has 0 radical (unpaired) electrons. The van der Waals surface area contributed by atoms with Crippen LogP contribution in [-0.4, -0.2) is 34.1 Å². The lowest BCUT2D eigenvalue weighted by Gasteiger charge is -2.29. The van der Waals surface area contributed by atoms with E-state index in [-0.39, 0.29) is 0 Å². The predicted octanol–water partition coefficient (Wildman–Crippen LogP) is 0.864. The number of carbonyl (C=O) groups is 1. The zero-order valence-electron chi connectivity index (χ0n) is 7.49. The van der Waals surface area contributed by atoms with E-state index in [1.807, 2.05) is 0 Å². The maximum absolute atomic E-state index is 11.2. The van der Waals surface area contributed by atoms with Crippen molar-refractivity contribution in [3.05, 3.63) is 12.2 Å². The number of aliphatic carboxylic acids is 1. The van der Waals surface area contributed by atoms with Crippen LogP contribution in [0.15, 0.2) is 12.2 Å². The highest BCUT2D eigenvalue weighted by Gasteiger charge is 2.65. The quantitative estimate of drug-likeness (QED) is 0.607. The van der Waals surface area contributed by atoms with Gasteiger partial charge in [-0.05, 0) is 25.2 Å². The maximum Gasteiger partial charge on any atom is 0.324 e. The van der Waals surface area contributed by atoms with Gasteiger partial charge in [-0.3, -0.25) is 9.69 Å². The highest BCUT2D eigenvalue weighted by atomic mass is 16.4. The monoisotopic (exact) mass is 179 g/mol. The smallest absolute Gasteiger partial charge is 0.324 e. The molecule has 1 N–H and O–H groups in total. The van der Waals surface area contributed by atoms with E-state index in [1.54, 1.807) is 0 Å². The molecule has 3 heteroatoms. The molecule has 3 fully saturated rings. The number of piperidine rings is 1. The Morgan fingerprint density at radius 1 is 1.69 bits per heavy atom. The third-order valence-corrected chi connectivity index (χ3v) is 3.77. The molecule has 3 nitrogen and oxygen atoms in total. The van der Waals surface area contributed by atoms with Gasteiger partial charge >= 0.3 is 5.97 Å². The molecule has 0 spiro atoms. The Balaban J connectivity index is 2.00. The fourth-order valence-corrected chi connectivity index (χ4v) is 3.14. The van der Waals surface area contributed by atoms with Crippen LogP contribution >= 0.6 is 0 Å².